The summed E-state index contributed by atoms with van der Waals surface area (Å²) in [7, 11) is 1.70. The number of nitrogens with zero attached hydrogens (tertiary/aromatic N) is 3. The predicted octanol–water partition coefficient (Wildman–Crippen LogP) is 1.68. The molecular weight excluding hydrogens is 245 g/mol. The quantitative estimate of drug-likeness (QED) is 0.897. The molecule has 1 saturated heterocycles. The van der Waals surface area contributed by atoms with E-state index in [0.29, 0.717) is 12.6 Å². The van der Waals surface area contributed by atoms with Gasteiger partial charge >= 0.3 is 6.18 Å². The molecule has 1 fully saturated rings. The largest absolute Gasteiger partial charge is 0.433 e. The van der Waals surface area contributed by atoms with Crippen molar-refractivity contribution >= 4 is 5.95 Å². The van der Waals surface area contributed by atoms with Crippen molar-refractivity contribution in [3.63, 3.8) is 0 Å². The van der Waals surface area contributed by atoms with Gasteiger partial charge in [0.2, 0.25) is 5.95 Å². The maximum absolute atomic E-state index is 12.5. The predicted molar refractivity (Wildman–Crippen MR) is 61.3 cm³/mol. The molecule has 2 rings (SSSR count). The molecule has 7 heteroatoms. The number of alkyl halides is 3. The summed E-state index contributed by atoms with van der Waals surface area (Å²) in [6.45, 7) is 1.57. The maximum atomic E-state index is 12.5. The first-order valence-electron chi connectivity index (χ1n) is 5.81. The Morgan fingerprint density at radius 2 is 2.28 bits per heavy atom. The van der Waals surface area contributed by atoms with Gasteiger partial charge in [0.05, 0.1) is 0 Å². The van der Waals surface area contributed by atoms with Crippen LogP contribution in [0.1, 0.15) is 18.5 Å². The lowest BCUT2D eigenvalue weighted by molar-refractivity contribution is -0.141. The third-order valence-corrected chi connectivity index (χ3v) is 2.93. The van der Waals surface area contributed by atoms with Gasteiger partial charge in [-0.25, -0.2) is 9.97 Å². The van der Waals surface area contributed by atoms with E-state index < -0.39 is 11.9 Å². The van der Waals surface area contributed by atoms with E-state index in [1.807, 2.05) is 0 Å². The molecule has 1 aliphatic heterocycles. The van der Waals surface area contributed by atoms with E-state index in [9.17, 15) is 13.2 Å². The minimum atomic E-state index is -4.43. The molecule has 0 aliphatic carbocycles. The van der Waals surface area contributed by atoms with E-state index in [1.54, 1.807) is 11.9 Å². The van der Waals surface area contributed by atoms with Crippen molar-refractivity contribution in [2.24, 2.45) is 0 Å². The topological polar surface area (TPSA) is 41.0 Å². The van der Waals surface area contributed by atoms with Crippen molar-refractivity contribution < 1.29 is 13.2 Å². The highest BCUT2D eigenvalue weighted by molar-refractivity contribution is 5.30. The van der Waals surface area contributed by atoms with Gasteiger partial charge in [-0.1, -0.05) is 0 Å². The van der Waals surface area contributed by atoms with Crippen LogP contribution in [-0.4, -0.2) is 36.1 Å². The Bertz CT molecular complexity index is 402. The van der Waals surface area contributed by atoms with Crippen LogP contribution < -0.4 is 10.2 Å². The Balaban J connectivity index is 2.07. The number of aromatic nitrogens is 2. The summed E-state index contributed by atoms with van der Waals surface area (Å²) in [6.07, 6.45) is -1.15. The van der Waals surface area contributed by atoms with Crippen molar-refractivity contribution in [3.8, 4) is 0 Å². The average molecular weight is 260 g/mol. The van der Waals surface area contributed by atoms with Crippen molar-refractivity contribution in [3.05, 3.63) is 18.0 Å². The van der Waals surface area contributed by atoms with Gasteiger partial charge < -0.3 is 10.2 Å². The molecule has 1 unspecified atom stereocenters. The minimum Gasteiger partial charge on any atom is -0.342 e. The summed E-state index contributed by atoms with van der Waals surface area (Å²) in [6, 6.07) is 1.18. The summed E-state index contributed by atoms with van der Waals surface area (Å²) in [5.41, 5.74) is -0.904. The number of halogens is 3. The molecule has 1 N–H and O–H groups in total. The standard InChI is InChI=1S/C11H15F3N4/c1-18(7-8-3-2-5-15-8)10-16-6-4-9(17-10)11(12,13)14/h4,6,8,15H,2-3,5,7H2,1H3. The van der Waals surface area contributed by atoms with Gasteiger partial charge in [-0.2, -0.15) is 13.2 Å². The summed E-state index contributed by atoms with van der Waals surface area (Å²) >= 11 is 0. The highest BCUT2D eigenvalue weighted by Gasteiger charge is 2.33. The van der Waals surface area contributed by atoms with Crippen molar-refractivity contribution in [1.29, 1.82) is 0 Å². The lowest BCUT2D eigenvalue weighted by Gasteiger charge is -2.21. The molecule has 0 spiro atoms. The van der Waals surface area contributed by atoms with E-state index in [4.69, 9.17) is 0 Å². The molecule has 1 aliphatic rings. The van der Waals surface area contributed by atoms with Crippen LogP contribution in [0.2, 0.25) is 0 Å². The normalized spacial score (nSPS) is 20.1. The van der Waals surface area contributed by atoms with Crippen LogP contribution in [0.15, 0.2) is 12.3 Å². The van der Waals surface area contributed by atoms with Crippen molar-refractivity contribution in [2.45, 2.75) is 25.1 Å². The fourth-order valence-electron chi connectivity index (χ4n) is 2.01. The zero-order chi connectivity index (χ0) is 13.2. The number of hydrogen-bond acceptors (Lipinski definition) is 4. The maximum Gasteiger partial charge on any atom is 0.433 e. The van der Waals surface area contributed by atoms with Crippen LogP contribution in [0.4, 0.5) is 19.1 Å². The SMILES string of the molecule is CN(CC1CCCN1)c1nccc(C(F)(F)F)n1. The van der Waals surface area contributed by atoms with Crippen LogP contribution >= 0.6 is 0 Å². The highest BCUT2D eigenvalue weighted by Crippen LogP contribution is 2.28. The van der Waals surface area contributed by atoms with Crippen LogP contribution in [0.3, 0.4) is 0 Å². The monoisotopic (exact) mass is 260 g/mol. The van der Waals surface area contributed by atoms with E-state index in [1.165, 1.54) is 0 Å². The molecule has 0 aromatic carbocycles. The summed E-state index contributed by atoms with van der Waals surface area (Å²) in [5, 5.41) is 3.28. The Morgan fingerprint density at radius 3 is 2.89 bits per heavy atom. The Hall–Kier alpha value is -1.37. The first-order chi connectivity index (χ1) is 8.47. The zero-order valence-corrected chi connectivity index (χ0v) is 10.0. The van der Waals surface area contributed by atoms with Crippen LogP contribution in [0.5, 0.6) is 0 Å². The Kier molecular flexibility index (Phi) is 3.70. The van der Waals surface area contributed by atoms with Crippen LogP contribution in [0, 0.1) is 0 Å². The molecule has 1 atom stereocenters. The number of rotatable bonds is 3. The molecule has 0 amide bonds. The first kappa shape index (κ1) is 13.1. The second kappa shape index (κ2) is 5.09. The molecule has 100 valence electrons. The lowest BCUT2D eigenvalue weighted by atomic mass is 10.2. The third kappa shape index (κ3) is 3.10. The smallest absolute Gasteiger partial charge is 0.342 e. The third-order valence-electron chi connectivity index (χ3n) is 2.93. The summed E-state index contributed by atoms with van der Waals surface area (Å²) < 4.78 is 37.5. The molecule has 2 heterocycles. The van der Waals surface area contributed by atoms with Gasteiger partial charge in [0.1, 0.15) is 5.69 Å². The van der Waals surface area contributed by atoms with Crippen molar-refractivity contribution in [2.75, 3.05) is 25.0 Å². The van der Waals surface area contributed by atoms with Gasteiger partial charge in [-0.3, -0.25) is 0 Å². The molecule has 1 aromatic rings. The Labute approximate surface area is 103 Å². The molecule has 0 radical (unpaired) electrons. The average Bonchev–Trinajstić information content (AvgIpc) is 2.81. The molecule has 0 saturated carbocycles. The molecule has 4 nitrogen and oxygen atoms in total. The van der Waals surface area contributed by atoms with Gasteiger partial charge in [0, 0.05) is 25.8 Å². The van der Waals surface area contributed by atoms with Gasteiger partial charge in [0.25, 0.3) is 0 Å². The van der Waals surface area contributed by atoms with Gasteiger partial charge in [-0.05, 0) is 25.5 Å². The molecular formula is C11H15F3N4. The van der Waals surface area contributed by atoms with E-state index in [2.05, 4.69) is 15.3 Å². The summed E-state index contributed by atoms with van der Waals surface area (Å²) in [4.78, 5) is 9.08. The summed E-state index contributed by atoms with van der Waals surface area (Å²) in [5.74, 6) is 0.110. The second-order valence-electron chi connectivity index (χ2n) is 4.41. The Morgan fingerprint density at radius 1 is 1.50 bits per heavy atom. The second-order valence-corrected chi connectivity index (χ2v) is 4.41. The number of anilines is 1. The van der Waals surface area contributed by atoms with Gasteiger partial charge in [0.15, 0.2) is 0 Å². The minimum absolute atomic E-state index is 0.110. The highest BCUT2D eigenvalue weighted by atomic mass is 19.4. The number of likely N-dealkylation sites (N-methyl/N-ethyl adjacent to an activating group) is 1. The number of nitrogens with one attached hydrogen (secondary N) is 1. The van der Waals surface area contributed by atoms with E-state index in [0.717, 1.165) is 31.6 Å². The zero-order valence-electron chi connectivity index (χ0n) is 10.0. The van der Waals surface area contributed by atoms with Gasteiger partial charge in [-0.15, -0.1) is 0 Å². The molecule has 18 heavy (non-hydrogen) atoms. The van der Waals surface area contributed by atoms with E-state index in [-0.39, 0.29) is 5.95 Å². The first-order valence-corrected chi connectivity index (χ1v) is 5.81. The van der Waals surface area contributed by atoms with Crippen LogP contribution in [-0.2, 0) is 6.18 Å². The number of hydrogen-bond donors (Lipinski definition) is 1. The van der Waals surface area contributed by atoms with E-state index >= 15 is 0 Å². The van der Waals surface area contributed by atoms with Crippen molar-refractivity contribution in [1.82, 2.24) is 15.3 Å². The molecule has 0 bridgehead atoms. The fourth-order valence-corrected chi connectivity index (χ4v) is 2.01. The lowest BCUT2D eigenvalue weighted by Crippen LogP contribution is -2.36. The fraction of sp³-hybridized carbons (Fsp3) is 0.636. The van der Waals surface area contributed by atoms with Crippen LogP contribution in [0.25, 0.3) is 0 Å². The molecule has 1 aromatic heterocycles.